The van der Waals surface area contributed by atoms with Crippen LogP contribution in [-0.4, -0.2) is 70.4 Å². The molecule has 2 aliphatic rings. The number of amides is 2. The Morgan fingerprint density at radius 2 is 1.90 bits per heavy atom. The van der Waals surface area contributed by atoms with Crippen molar-refractivity contribution >= 4 is 17.4 Å². The van der Waals surface area contributed by atoms with E-state index in [0.29, 0.717) is 12.0 Å². The highest BCUT2D eigenvalue weighted by Crippen LogP contribution is 2.37. The lowest BCUT2D eigenvalue weighted by atomic mass is 9.76. The van der Waals surface area contributed by atoms with Gasteiger partial charge in [0.2, 0.25) is 5.91 Å². The highest BCUT2D eigenvalue weighted by atomic mass is 16.2. The molecule has 206 valence electrons. The number of carbonyl (C=O) groups is 2. The predicted octanol–water partition coefficient (Wildman–Crippen LogP) is 3.07. The first-order valence-corrected chi connectivity index (χ1v) is 13.5. The van der Waals surface area contributed by atoms with E-state index in [4.69, 9.17) is 0 Å². The summed E-state index contributed by atoms with van der Waals surface area (Å²) in [5.74, 6) is -1.41. The number of aromatic amines is 1. The highest BCUT2D eigenvalue weighted by molar-refractivity contribution is 5.92. The van der Waals surface area contributed by atoms with E-state index < -0.39 is 17.4 Å². The normalized spacial score (nSPS) is 21.7. The van der Waals surface area contributed by atoms with Gasteiger partial charge in [0.1, 0.15) is 0 Å². The molecule has 2 aromatic rings. The van der Waals surface area contributed by atoms with Crippen LogP contribution in [-0.2, 0) is 22.6 Å². The van der Waals surface area contributed by atoms with E-state index in [1.807, 2.05) is 56.3 Å². The Morgan fingerprint density at radius 1 is 1.21 bits per heavy atom. The number of nitrogens with one attached hydrogen (secondary N) is 2. The van der Waals surface area contributed by atoms with Crippen molar-refractivity contribution < 1.29 is 9.59 Å². The van der Waals surface area contributed by atoms with Crippen LogP contribution in [0.25, 0.3) is 5.57 Å². The molecule has 1 aromatic carbocycles. The van der Waals surface area contributed by atoms with Crippen molar-refractivity contribution in [2.24, 2.45) is 5.92 Å². The summed E-state index contributed by atoms with van der Waals surface area (Å²) >= 11 is 0. The molecule has 0 radical (unpaired) electrons. The van der Waals surface area contributed by atoms with E-state index in [1.165, 1.54) is 5.01 Å². The van der Waals surface area contributed by atoms with Crippen molar-refractivity contribution in [3.05, 3.63) is 100 Å². The number of aryl methyl sites for hydroxylation is 2. The second-order valence-electron chi connectivity index (χ2n) is 10.6. The molecule has 2 amide bonds. The molecule has 1 fully saturated rings. The number of hydrogen-bond donors (Lipinski definition) is 2. The molecule has 1 saturated heterocycles. The van der Waals surface area contributed by atoms with Crippen LogP contribution in [0.3, 0.4) is 0 Å². The van der Waals surface area contributed by atoms with E-state index in [0.717, 1.165) is 54.6 Å². The van der Waals surface area contributed by atoms with Crippen molar-refractivity contribution in [3.8, 4) is 0 Å². The minimum Gasteiger partial charge on any atom is -0.326 e. The fourth-order valence-corrected chi connectivity index (χ4v) is 5.45. The Labute approximate surface area is 230 Å². The van der Waals surface area contributed by atoms with Crippen molar-refractivity contribution in [2.75, 3.05) is 33.2 Å². The second kappa shape index (κ2) is 12.0. The van der Waals surface area contributed by atoms with Gasteiger partial charge in [-0.1, -0.05) is 62.1 Å². The molecule has 0 bridgehead atoms. The highest BCUT2D eigenvalue weighted by Gasteiger charge is 2.45. The van der Waals surface area contributed by atoms with Gasteiger partial charge in [-0.25, -0.2) is 5.01 Å². The molecule has 8 heteroatoms. The summed E-state index contributed by atoms with van der Waals surface area (Å²) in [6, 6.07) is 11.9. The summed E-state index contributed by atoms with van der Waals surface area (Å²) < 4.78 is 0. The third-order valence-electron chi connectivity index (χ3n) is 7.89. The molecule has 2 unspecified atom stereocenters. The lowest BCUT2D eigenvalue weighted by Gasteiger charge is -2.48. The number of piperazine rings is 1. The number of hydrogen-bond acceptors (Lipinski definition) is 5. The van der Waals surface area contributed by atoms with E-state index >= 15 is 0 Å². The van der Waals surface area contributed by atoms with Gasteiger partial charge < -0.3 is 9.88 Å². The molecule has 0 spiro atoms. The number of H-pyrrole nitrogens is 1. The standard InChI is InChI=1S/C31H39N5O3/c1-6-23-19-22(3)32-29(38)26(23)21-36(33-28(37)7-2)30(39)27-20-25(24-11-9-8-10-12-24)13-14-31(27,4)35-17-15-34(5)16-18-35/h7-14,19-20,27H,2,6,15-18,21H2,1,3-5H3,(H,32,38)(H,33,37). The van der Waals surface area contributed by atoms with Gasteiger partial charge in [0.15, 0.2) is 0 Å². The zero-order valence-corrected chi connectivity index (χ0v) is 23.4. The molecular formula is C31H39N5O3. The number of rotatable bonds is 7. The molecule has 0 saturated carbocycles. The molecule has 8 nitrogen and oxygen atoms in total. The van der Waals surface area contributed by atoms with Crippen molar-refractivity contribution in [3.63, 3.8) is 0 Å². The molecular weight excluding hydrogens is 490 g/mol. The van der Waals surface area contributed by atoms with Crippen LogP contribution in [0.5, 0.6) is 0 Å². The Morgan fingerprint density at radius 3 is 2.54 bits per heavy atom. The van der Waals surface area contributed by atoms with Crippen LogP contribution in [0, 0.1) is 12.8 Å². The maximum absolute atomic E-state index is 14.5. The lowest BCUT2D eigenvalue weighted by Crippen LogP contribution is -2.61. The monoisotopic (exact) mass is 529 g/mol. The average Bonchev–Trinajstić information content (AvgIpc) is 2.94. The van der Waals surface area contributed by atoms with Gasteiger partial charge in [-0.3, -0.25) is 24.7 Å². The number of likely N-dealkylation sites (N-methyl/N-ethyl adjacent to an activating group) is 1. The third kappa shape index (κ3) is 6.13. The molecule has 2 atom stereocenters. The van der Waals surface area contributed by atoms with Gasteiger partial charge in [0.05, 0.1) is 18.0 Å². The third-order valence-corrected chi connectivity index (χ3v) is 7.89. The van der Waals surface area contributed by atoms with Gasteiger partial charge in [0.25, 0.3) is 11.5 Å². The van der Waals surface area contributed by atoms with E-state index in [-0.39, 0.29) is 18.0 Å². The number of hydrazine groups is 1. The summed E-state index contributed by atoms with van der Waals surface area (Å²) in [5, 5.41) is 1.29. The van der Waals surface area contributed by atoms with Gasteiger partial charge in [0, 0.05) is 37.4 Å². The number of carbonyl (C=O) groups excluding carboxylic acids is 2. The number of benzene rings is 1. The minimum atomic E-state index is -0.624. The first kappa shape index (κ1) is 28.3. The van der Waals surface area contributed by atoms with Crippen LogP contribution < -0.4 is 11.0 Å². The molecule has 1 aliphatic heterocycles. The fraction of sp³-hybridized carbons (Fsp3) is 0.387. The first-order valence-electron chi connectivity index (χ1n) is 13.5. The molecule has 4 rings (SSSR count). The van der Waals surface area contributed by atoms with Gasteiger partial charge in [-0.2, -0.15) is 0 Å². The second-order valence-corrected chi connectivity index (χ2v) is 10.6. The predicted molar refractivity (Wildman–Crippen MR) is 155 cm³/mol. The van der Waals surface area contributed by atoms with E-state index in [1.54, 1.807) is 0 Å². The maximum Gasteiger partial charge on any atom is 0.261 e. The summed E-state index contributed by atoms with van der Waals surface area (Å²) in [7, 11) is 2.10. The Bertz CT molecular complexity index is 1340. The zero-order chi connectivity index (χ0) is 28.2. The summed E-state index contributed by atoms with van der Waals surface area (Å²) in [4.78, 5) is 47.5. The Balaban J connectivity index is 1.77. The molecule has 39 heavy (non-hydrogen) atoms. The first-order chi connectivity index (χ1) is 18.7. The maximum atomic E-state index is 14.5. The molecule has 2 heterocycles. The summed E-state index contributed by atoms with van der Waals surface area (Å²) in [6.07, 6.45) is 7.97. The summed E-state index contributed by atoms with van der Waals surface area (Å²) in [6.45, 7) is 12.8. The van der Waals surface area contributed by atoms with Crippen molar-refractivity contribution in [2.45, 2.75) is 39.3 Å². The average molecular weight is 530 g/mol. The Kier molecular flexibility index (Phi) is 8.67. The van der Waals surface area contributed by atoms with E-state index in [2.05, 4.69) is 52.9 Å². The fourth-order valence-electron chi connectivity index (χ4n) is 5.45. The quantitative estimate of drug-likeness (QED) is 0.425. The zero-order valence-electron chi connectivity index (χ0n) is 23.4. The largest absolute Gasteiger partial charge is 0.326 e. The van der Waals surface area contributed by atoms with Crippen LogP contribution in [0.2, 0.25) is 0 Å². The SMILES string of the molecule is C=CC(=O)NN(Cc1c(CC)cc(C)[nH]c1=O)C(=O)C1C=C(c2ccccc2)C=CC1(C)N1CCN(C)CC1. The number of aromatic nitrogens is 1. The van der Waals surface area contributed by atoms with Crippen LogP contribution in [0.1, 0.15) is 36.2 Å². The van der Waals surface area contributed by atoms with Crippen LogP contribution in [0.4, 0.5) is 0 Å². The van der Waals surface area contributed by atoms with Crippen LogP contribution in [0.15, 0.2) is 72.1 Å². The van der Waals surface area contributed by atoms with E-state index in [9.17, 15) is 14.4 Å². The Hall–Kier alpha value is -3.75. The topological polar surface area (TPSA) is 88.8 Å². The van der Waals surface area contributed by atoms with Crippen molar-refractivity contribution in [1.82, 2.24) is 25.2 Å². The smallest absolute Gasteiger partial charge is 0.261 e. The number of allylic oxidation sites excluding steroid dienone is 2. The minimum absolute atomic E-state index is 0.0509. The van der Waals surface area contributed by atoms with Crippen molar-refractivity contribution in [1.29, 1.82) is 0 Å². The van der Waals surface area contributed by atoms with Gasteiger partial charge in [-0.05, 0) is 56.2 Å². The number of nitrogens with zero attached hydrogens (tertiary/aromatic N) is 3. The number of pyridine rings is 1. The molecule has 1 aliphatic carbocycles. The van der Waals surface area contributed by atoms with Crippen LogP contribution >= 0.6 is 0 Å². The molecule has 1 aromatic heterocycles. The summed E-state index contributed by atoms with van der Waals surface area (Å²) in [5.41, 5.74) is 5.82. The molecule has 2 N–H and O–H groups in total. The lowest BCUT2D eigenvalue weighted by molar-refractivity contribution is -0.146. The van der Waals surface area contributed by atoms with Gasteiger partial charge >= 0.3 is 0 Å². The van der Waals surface area contributed by atoms with Gasteiger partial charge in [-0.15, -0.1) is 0 Å².